The van der Waals surface area contributed by atoms with Gasteiger partial charge in [0.1, 0.15) is 0 Å². The Morgan fingerprint density at radius 2 is 0.667 bits per heavy atom. The van der Waals surface area contributed by atoms with Crippen molar-refractivity contribution < 1.29 is 0 Å². The zero-order valence-electron chi connectivity index (χ0n) is 22.0. The monoisotopic (exact) mass is 506 g/mol. The average Bonchev–Trinajstić information content (AvgIpc) is 2.87. The Bertz CT molecular complexity index is 1200. The topological polar surface area (TPSA) is 0 Å². The fraction of sp³-hybridized carbons (Fsp3) is 0.235. The van der Waals surface area contributed by atoms with Crippen LogP contribution in [0.25, 0.3) is 0 Å². The molecule has 0 saturated carbocycles. The lowest BCUT2D eigenvalue weighted by molar-refractivity contribution is 0.806. The van der Waals surface area contributed by atoms with E-state index in [4.69, 9.17) is 0 Å². The molecule has 36 heavy (non-hydrogen) atoms. The van der Waals surface area contributed by atoms with Crippen LogP contribution in [0.5, 0.6) is 0 Å². The summed E-state index contributed by atoms with van der Waals surface area (Å²) in [6.07, 6.45) is 4.92. The van der Waals surface area contributed by atoms with Gasteiger partial charge in [-0.3, -0.25) is 0 Å². The molecule has 4 aromatic rings. The second-order valence-corrected chi connectivity index (χ2v) is 14.3. The van der Waals surface area contributed by atoms with Crippen molar-refractivity contribution in [2.24, 2.45) is 0 Å². The summed E-state index contributed by atoms with van der Waals surface area (Å²) in [7, 11) is -0.820. The first kappa shape index (κ1) is 25.1. The number of benzene rings is 4. The van der Waals surface area contributed by atoms with Crippen molar-refractivity contribution in [2.75, 3.05) is 12.3 Å². The summed E-state index contributed by atoms with van der Waals surface area (Å²) in [6, 6.07) is 36.2. The first-order valence-corrected chi connectivity index (χ1v) is 16.1. The van der Waals surface area contributed by atoms with Crippen LogP contribution in [0.2, 0.25) is 0 Å². The maximum Gasteiger partial charge on any atom is -0.00308 e. The minimum Gasteiger partial charge on any atom is -0.0654 e. The van der Waals surface area contributed by atoms with Gasteiger partial charge in [-0.15, -0.1) is 0 Å². The van der Waals surface area contributed by atoms with Crippen molar-refractivity contribution >= 4 is 37.1 Å². The summed E-state index contributed by atoms with van der Waals surface area (Å²) in [5.41, 5.74) is 9.15. The minimum atomic E-state index is -0.410. The molecule has 1 aliphatic carbocycles. The number of allylic oxidation sites excluding steroid dienone is 2. The van der Waals surface area contributed by atoms with Crippen LogP contribution in [0.4, 0.5) is 0 Å². The number of hydrogen-bond donors (Lipinski definition) is 0. The summed E-state index contributed by atoms with van der Waals surface area (Å²) < 4.78 is 0. The SMILES string of the molecule is Cc1ccccc1P(CC1=C(CP(c2ccccc2C)c2ccccc2C)CC1)c1ccccc1C. The van der Waals surface area contributed by atoms with E-state index in [1.54, 1.807) is 32.4 Å². The van der Waals surface area contributed by atoms with Crippen molar-refractivity contribution in [3.8, 4) is 0 Å². The third-order valence-corrected chi connectivity index (χ3v) is 13.3. The Morgan fingerprint density at radius 3 is 0.889 bits per heavy atom. The molecule has 1 aliphatic rings. The second kappa shape index (κ2) is 11.3. The lowest BCUT2D eigenvalue weighted by Gasteiger charge is -2.33. The van der Waals surface area contributed by atoms with Gasteiger partial charge >= 0.3 is 0 Å². The molecule has 0 unspecified atom stereocenters. The fourth-order valence-corrected chi connectivity index (χ4v) is 11.1. The van der Waals surface area contributed by atoms with E-state index in [1.807, 2.05) is 0 Å². The van der Waals surface area contributed by atoms with E-state index < -0.39 is 15.8 Å². The Balaban J connectivity index is 1.52. The molecule has 182 valence electrons. The maximum absolute atomic E-state index is 2.37. The highest BCUT2D eigenvalue weighted by atomic mass is 31.1. The number of aryl methyl sites for hydroxylation is 4. The largest absolute Gasteiger partial charge is 0.0654 e. The van der Waals surface area contributed by atoms with Crippen LogP contribution in [0.1, 0.15) is 35.1 Å². The standard InChI is InChI=1S/C34H36P2/c1-25-13-5-9-17-31(25)35(32-18-10-6-14-26(32)2)23-29-21-22-30(29)24-36(33-19-11-7-15-27(33)3)34-20-12-8-16-28(34)4/h5-20H,21-24H2,1-4H3. The minimum absolute atomic E-state index is 0.410. The molecule has 0 bridgehead atoms. The van der Waals surface area contributed by atoms with E-state index in [1.165, 1.54) is 47.4 Å². The van der Waals surface area contributed by atoms with Crippen LogP contribution in [0.15, 0.2) is 108 Å². The van der Waals surface area contributed by atoms with E-state index in [0.717, 1.165) is 0 Å². The molecule has 0 aliphatic heterocycles. The van der Waals surface area contributed by atoms with Crippen LogP contribution in [0.3, 0.4) is 0 Å². The lowest BCUT2D eigenvalue weighted by Crippen LogP contribution is -2.24. The normalized spacial score (nSPS) is 13.4. The van der Waals surface area contributed by atoms with Gasteiger partial charge in [-0.2, -0.15) is 0 Å². The summed E-state index contributed by atoms with van der Waals surface area (Å²) >= 11 is 0. The van der Waals surface area contributed by atoms with E-state index in [-0.39, 0.29) is 0 Å². The van der Waals surface area contributed by atoms with Crippen molar-refractivity contribution in [2.45, 2.75) is 40.5 Å². The van der Waals surface area contributed by atoms with Gasteiger partial charge in [0.2, 0.25) is 0 Å². The van der Waals surface area contributed by atoms with Crippen LogP contribution in [-0.4, -0.2) is 12.3 Å². The predicted molar refractivity (Wildman–Crippen MR) is 163 cm³/mol. The fourth-order valence-electron chi connectivity index (χ4n) is 5.31. The van der Waals surface area contributed by atoms with Gasteiger partial charge in [-0.1, -0.05) is 108 Å². The van der Waals surface area contributed by atoms with Gasteiger partial charge in [0.25, 0.3) is 0 Å². The third kappa shape index (κ3) is 5.27. The van der Waals surface area contributed by atoms with Gasteiger partial charge in [0.05, 0.1) is 0 Å². The summed E-state index contributed by atoms with van der Waals surface area (Å²) in [5.74, 6) is 0. The van der Waals surface area contributed by atoms with Crippen LogP contribution < -0.4 is 21.2 Å². The predicted octanol–water partition coefficient (Wildman–Crippen LogP) is 7.58. The van der Waals surface area contributed by atoms with Gasteiger partial charge in [0, 0.05) is 0 Å². The average molecular weight is 507 g/mol. The highest BCUT2D eigenvalue weighted by Gasteiger charge is 2.28. The Morgan fingerprint density at radius 1 is 0.417 bits per heavy atom. The summed E-state index contributed by atoms with van der Waals surface area (Å²) in [5, 5.41) is 6.17. The quantitative estimate of drug-likeness (QED) is 0.171. The highest BCUT2D eigenvalue weighted by molar-refractivity contribution is 7.74. The zero-order valence-corrected chi connectivity index (χ0v) is 23.7. The van der Waals surface area contributed by atoms with Gasteiger partial charge in [0.15, 0.2) is 0 Å². The van der Waals surface area contributed by atoms with Crippen LogP contribution in [-0.2, 0) is 0 Å². The van der Waals surface area contributed by atoms with Crippen molar-refractivity contribution in [3.63, 3.8) is 0 Å². The molecule has 2 heteroatoms. The highest BCUT2D eigenvalue weighted by Crippen LogP contribution is 2.47. The zero-order chi connectivity index (χ0) is 25.1. The smallest absolute Gasteiger partial charge is 0.00308 e. The Labute approximate surface area is 220 Å². The molecule has 0 aromatic heterocycles. The molecule has 0 heterocycles. The molecule has 0 nitrogen and oxygen atoms in total. The molecular formula is C34H36P2. The van der Waals surface area contributed by atoms with E-state index in [2.05, 4.69) is 125 Å². The second-order valence-electron chi connectivity index (χ2n) is 10.0. The molecule has 0 atom stereocenters. The molecular weight excluding hydrogens is 470 g/mol. The van der Waals surface area contributed by atoms with Gasteiger partial charge < -0.3 is 0 Å². The number of rotatable bonds is 8. The van der Waals surface area contributed by atoms with Crippen molar-refractivity contribution in [1.29, 1.82) is 0 Å². The van der Waals surface area contributed by atoms with E-state index in [0.29, 0.717) is 0 Å². The lowest BCUT2D eigenvalue weighted by atomic mass is 9.91. The molecule has 4 aromatic carbocycles. The number of hydrogen-bond acceptors (Lipinski definition) is 0. The van der Waals surface area contributed by atoms with E-state index in [9.17, 15) is 0 Å². The van der Waals surface area contributed by atoms with Crippen molar-refractivity contribution in [3.05, 3.63) is 130 Å². The Kier molecular flexibility index (Phi) is 7.86. The molecule has 0 fully saturated rings. The van der Waals surface area contributed by atoms with Crippen LogP contribution >= 0.6 is 15.8 Å². The summed E-state index contributed by atoms with van der Waals surface area (Å²) in [4.78, 5) is 0. The van der Waals surface area contributed by atoms with Crippen molar-refractivity contribution in [1.82, 2.24) is 0 Å². The van der Waals surface area contributed by atoms with Gasteiger partial charge in [-0.25, -0.2) is 0 Å². The summed E-state index contributed by atoms with van der Waals surface area (Å²) in [6.45, 7) is 9.15. The first-order valence-electron chi connectivity index (χ1n) is 13.0. The third-order valence-electron chi connectivity index (χ3n) is 7.55. The molecule has 0 spiro atoms. The molecule has 0 amide bonds. The van der Waals surface area contributed by atoms with Gasteiger partial charge in [-0.05, 0) is 112 Å². The molecule has 0 radical (unpaired) electrons. The van der Waals surface area contributed by atoms with Crippen LogP contribution in [0, 0.1) is 27.7 Å². The molecule has 5 rings (SSSR count). The first-order chi connectivity index (χ1) is 17.5. The maximum atomic E-state index is 2.37. The Hall–Kier alpha value is -2.52. The molecule has 0 saturated heterocycles. The molecule has 0 N–H and O–H groups in total. The van der Waals surface area contributed by atoms with E-state index >= 15 is 0 Å².